The van der Waals surface area contributed by atoms with Gasteiger partial charge in [-0.05, 0) is 31.9 Å². The van der Waals surface area contributed by atoms with Gasteiger partial charge in [0.1, 0.15) is 5.84 Å². The van der Waals surface area contributed by atoms with Crippen LogP contribution in [0.1, 0.15) is 25.0 Å². The van der Waals surface area contributed by atoms with Gasteiger partial charge in [0, 0.05) is 36.6 Å². The van der Waals surface area contributed by atoms with Gasteiger partial charge in [-0.15, -0.1) is 0 Å². The summed E-state index contributed by atoms with van der Waals surface area (Å²) in [5.74, 6) is 0.279. The van der Waals surface area contributed by atoms with Crippen molar-refractivity contribution in [3.05, 3.63) is 24.0 Å². The molecule has 2 rings (SSSR count). The van der Waals surface area contributed by atoms with Crippen LogP contribution in [0.4, 0.5) is 5.69 Å². The summed E-state index contributed by atoms with van der Waals surface area (Å²) in [6.45, 7) is 2.77. The zero-order chi connectivity index (χ0) is 12.3. The summed E-state index contributed by atoms with van der Waals surface area (Å²) >= 11 is 0. The maximum atomic E-state index is 8.55. The fourth-order valence-electron chi connectivity index (χ4n) is 1.90. The van der Waals surface area contributed by atoms with E-state index >= 15 is 0 Å². The number of aromatic nitrogens is 1. The molecule has 5 heteroatoms. The van der Waals surface area contributed by atoms with Crippen molar-refractivity contribution in [3.63, 3.8) is 0 Å². The predicted molar refractivity (Wildman–Crippen MR) is 67.4 cm³/mol. The average Bonchev–Trinajstić information content (AvgIpc) is 3.13. The lowest BCUT2D eigenvalue weighted by Gasteiger charge is -2.24. The van der Waals surface area contributed by atoms with E-state index in [4.69, 9.17) is 10.9 Å². The highest BCUT2D eigenvalue weighted by molar-refractivity contribution is 5.80. The molecule has 92 valence electrons. The number of pyridine rings is 1. The Morgan fingerprint density at radius 2 is 2.41 bits per heavy atom. The lowest BCUT2D eigenvalue weighted by Crippen LogP contribution is -2.30. The quantitative estimate of drug-likeness (QED) is 0.350. The summed E-state index contributed by atoms with van der Waals surface area (Å²) in [4.78, 5) is 6.51. The van der Waals surface area contributed by atoms with Crippen LogP contribution in [0.5, 0.6) is 0 Å². The Morgan fingerprint density at radius 3 is 3.00 bits per heavy atom. The molecule has 5 nitrogen and oxygen atoms in total. The van der Waals surface area contributed by atoms with Crippen molar-refractivity contribution in [3.8, 4) is 0 Å². The average molecular weight is 234 g/mol. The van der Waals surface area contributed by atoms with Crippen molar-refractivity contribution < 1.29 is 5.21 Å². The molecular weight excluding hydrogens is 216 g/mol. The molecule has 0 aromatic carbocycles. The molecule has 0 bridgehead atoms. The van der Waals surface area contributed by atoms with Crippen LogP contribution < -0.4 is 10.6 Å². The summed E-state index contributed by atoms with van der Waals surface area (Å²) in [6.07, 6.45) is 4.84. The van der Waals surface area contributed by atoms with Crippen LogP contribution in [0.25, 0.3) is 0 Å². The minimum Gasteiger partial charge on any atom is -0.409 e. The first kappa shape index (κ1) is 11.7. The third kappa shape index (κ3) is 3.09. The van der Waals surface area contributed by atoms with Crippen molar-refractivity contribution >= 4 is 11.5 Å². The fourth-order valence-corrected chi connectivity index (χ4v) is 1.90. The van der Waals surface area contributed by atoms with Crippen molar-refractivity contribution in [2.45, 2.75) is 32.2 Å². The van der Waals surface area contributed by atoms with Gasteiger partial charge < -0.3 is 15.8 Å². The van der Waals surface area contributed by atoms with Crippen LogP contribution >= 0.6 is 0 Å². The SMILES string of the molecule is Cc1cc(N(CC/C(N)=N/O)C2CC2)ccn1. The first-order chi connectivity index (χ1) is 8.20. The number of hydrogen-bond acceptors (Lipinski definition) is 4. The number of anilines is 1. The predicted octanol–water partition coefficient (Wildman–Crippen LogP) is 1.50. The molecule has 1 aliphatic rings. The first-order valence-electron chi connectivity index (χ1n) is 5.86. The molecule has 1 aliphatic carbocycles. The lowest BCUT2D eigenvalue weighted by molar-refractivity contribution is 0.317. The van der Waals surface area contributed by atoms with E-state index in [0.717, 1.165) is 12.2 Å². The molecule has 0 atom stereocenters. The largest absolute Gasteiger partial charge is 0.409 e. The smallest absolute Gasteiger partial charge is 0.140 e. The molecule has 0 radical (unpaired) electrons. The van der Waals surface area contributed by atoms with Gasteiger partial charge in [0.2, 0.25) is 0 Å². The zero-order valence-corrected chi connectivity index (χ0v) is 10.0. The number of rotatable bonds is 5. The third-order valence-corrected chi connectivity index (χ3v) is 2.94. The van der Waals surface area contributed by atoms with E-state index in [9.17, 15) is 0 Å². The van der Waals surface area contributed by atoms with E-state index in [-0.39, 0.29) is 5.84 Å². The van der Waals surface area contributed by atoms with E-state index < -0.39 is 0 Å². The fraction of sp³-hybridized carbons (Fsp3) is 0.500. The number of oxime groups is 1. The van der Waals surface area contributed by atoms with Gasteiger partial charge in [-0.1, -0.05) is 5.16 Å². The molecule has 1 aromatic rings. The maximum absolute atomic E-state index is 8.55. The van der Waals surface area contributed by atoms with Crippen molar-refractivity contribution in [2.75, 3.05) is 11.4 Å². The number of aryl methyl sites for hydroxylation is 1. The molecule has 3 N–H and O–H groups in total. The Bertz CT molecular complexity index is 415. The minimum atomic E-state index is 0.279. The van der Waals surface area contributed by atoms with Crippen LogP contribution in [-0.2, 0) is 0 Å². The van der Waals surface area contributed by atoms with E-state index in [1.165, 1.54) is 18.5 Å². The monoisotopic (exact) mass is 234 g/mol. The van der Waals surface area contributed by atoms with Crippen molar-refractivity contribution in [1.29, 1.82) is 0 Å². The van der Waals surface area contributed by atoms with Gasteiger partial charge in [-0.2, -0.15) is 0 Å². The van der Waals surface area contributed by atoms with E-state index in [2.05, 4.69) is 21.1 Å². The topological polar surface area (TPSA) is 74.7 Å². The van der Waals surface area contributed by atoms with E-state index in [0.29, 0.717) is 12.5 Å². The number of hydrogen-bond donors (Lipinski definition) is 2. The Kier molecular flexibility index (Phi) is 3.46. The molecule has 0 spiro atoms. The summed E-state index contributed by atoms with van der Waals surface area (Å²) in [5.41, 5.74) is 7.69. The van der Waals surface area contributed by atoms with Crippen molar-refractivity contribution in [2.24, 2.45) is 10.9 Å². The standard InChI is InChI=1S/C12H18N4O/c1-9-8-11(4-6-14-9)16(10-2-3-10)7-5-12(13)15-17/h4,6,8,10,17H,2-3,5,7H2,1H3,(H2,13,15). The minimum absolute atomic E-state index is 0.279. The first-order valence-corrected chi connectivity index (χ1v) is 5.86. The summed E-state index contributed by atoms with van der Waals surface area (Å²) in [7, 11) is 0. The molecule has 0 saturated heterocycles. The van der Waals surface area contributed by atoms with E-state index in [1.807, 2.05) is 19.2 Å². The summed E-state index contributed by atoms with van der Waals surface area (Å²) in [5, 5.41) is 11.6. The van der Waals surface area contributed by atoms with Gasteiger partial charge in [-0.25, -0.2) is 0 Å². The van der Waals surface area contributed by atoms with Crippen molar-refractivity contribution in [1.82, 2.24) is 4.98 Å². The second kappa shape index (κ2) is 5.03. The molecule has 17 heavy (non-hydrogen) atoms. The lowest BCUT2D eigenvalue weighted by atomic mass is 10.2. The van der Waals surface area contributed by atoms with Crippen LogP contribution in [0.3, 0.4) is 0 Å². The molecule has 0 amide bonds. The molecule has 1 saturated carbocycles. The van der Waals surface area contributed by atoms with Crippen LogP contribution in [0.15, 0.2) is 23.5 Å². The number of nitrogens with two attached hydrogens (primary N) is 1. The molecular formula is C12H18N4O. The highest BCUT2D eigenvalue weighted by Gasteiger charge is 2.29. The Morgan fingerprint density at radius 1 is 1.65 bits per heavy atom. The highest BCUT2D eigenvalue weighted by atomic mass is 16.4. The highest BCUT2D eigenvalue weighted by Crippen LogP contribution is 2.31. The summed E-state index contributed by atoms with van der Waals surface area (Å²) in [6, 6.07) is 4.69. The van der Waals surface area contributed by atoms with Gasteiger partial charge >= 0.3 is 0 Å². The second-order valence-corrected chi connectivity index (χ2v) is 4.42. The van der Waals surface area contributed by atoms with Crippen LogP contribution in [-0.4, -0.2) is 28.6 Å². The molecule has 1 aromatic heterocycles. The molecule has 0 unspecified atom stereocenters. The van der Waals surface area contributed by atoms with Gasteiger partial charge in [0.25, 0.3) is 0 Å². The summed E-state index contributed by atoms with van der Waals surface area (Å²) < 4.78 is 0. The van der Waals surface area contributed by atoms with Gasteiger partial charge in [0.05, 0.1) is 0 Å². The Balaban J connectivity index is 2.07. The second-order valence-electron chi connectivity index (χ2n) is 4.42. The molecule has 1 fully saturated rings. The Labute approximate surface area is 101 Å². The zero-order valence-electron chi connectivity index (χ0n) is 10.0. The van der Waals surface area contributed by atoms with Crippen LogP contribution in [0, 0.1) is 6.92 Å². The normalized spacial score (nSPS) is 15.9. The third-order valence-electron chi connectivity index (χ3n) is 2.94. The Hall–Kier alpha value is -1.78. The van der Waals surface area contributed by atoms with Crippen LogP contribution in [0.2, 0.25) is 0 Å². The van der Waals surface area contributed by atoms with Gasteiger partial charge in [0.15, 0.2) is 0 Å². The van der Waals surface area contributed by atoms with E-state index in [1.54, 1.807) is 0 Å². The number of amidine groups is 1. The van der Waals surface area contributed by atoms with Gasteiger partial charge in [-0.3, -0.25) is 4.98 Å². The maximum Gasteiger partial charge on any atom is 0.140 e. The molecule has 0 aliphatic heterocycles. The molecule has 1 heterocycles. The number of nitrogens with zero attached hydrogens (tertiary/aromatic N) is 3.